The van der Waals surface area contributed by atoms with Crippen LogP contribution in [0.2, 0.25) is 0 Å². The highest BCUT2D eigenvalue weighted by Crippen LogP contribution is 2.17. The number of hydrogen-bond donors (Lipinski definition) is 0. The summed E-state index contributed by atoms with van der Waals surface area (Å²) in [5.74, 6) is 0.375. The Morgan fingerprint density at radius 1 is 1.25 bits per heavy atom. The van der Waals surface area contributed by atoms with E-state index in [-0.39, 0.29) is 5.91 Å². The molecule has 124 valence electrons. The number of nitrogens with zero attached hydrogens (tertiary/aromatic N) is 5. The van der Waals surface area contributed by atoms with Crippen LogP contribution in [0.15, 0.2) is 53.0 Å². The quantitative estimate of drug-likeness (QED) is 0.607. The number of benzene rings is 1. The highest BCUT2D eigenvalue weighted by molar-refractivity contribution is 7.99. The molecule has 0 aliphatic heterocycles. The summed E-state index contributed by atoms with van der Waals surface area (Å²) in [6.45, 7) is 1.22. The van der Waals surface area contributed by atoms with Crippen molar-refractivity contribution in [1.82, 2.24) is 25.1 Å². The third kappa shape index (κ3) is 4.42. The smallest absolute Gasteiger partial charge is 0.233 e. The van der Waals surface area contributed by atoms with Crippen LogP contribution in [-0.4, -0.2) is 43.8 Å². The van der Waals surface area contributed by atoms with Crippen molar-refractivity contribution in [3.8, 4) is 0 Å². The Balaban J connectivity index is 1.55. The highest BCUT2D eigenvalue weighted by atomic mass is 32.2. The van der Waals surface area contributed by atoms with E-state index in [1.807, 2.05) is 54.9 Å². The lowest BCUT2D eigenvalue weighted by Gasteiger charge is -2.15. The SMILES string of the molecule is CN(Cc1cccs1)C(=O)CSc1nnnn1Cc1ccccc1. The van der Waals surface area contributed by atoms with Crippen molar-refractivity contribution in [2.75, 3.05) is 12.8 Å². The number of carbonyl (C=O) groups is 1. The third-order valence-electron chi connectivity index (χ3n) is 3.40. The number of carbonyl (C=O) groups excluding carboxylic acids is 1. The van der Waals surface area contributed by atoms with Crippen molar-refractivity contribution in [1.29, 1.82) is 0 Å². The van der Waals surface area contributed by atoms with Crippen molar-refractivity contribution in [3.05, 3.63) is 58.3 Å². The van der Waals surface area contributed by atoms with Crippen molar-refractivity contribution >= 4 is 29.0 Å². The van der Waals surface area contributed by atoms with Crippen molar-refractivity contribution in [2.24, 2.45) is 0 Å². The van der Waals surface area contributed by atoms with Crippen LogP contribution in [-0.2, 0) is 17.9 Å². The summed E-state index contributed by atoms with van der Waals surface area (Å²) in [5, 5.41) is 14.4. The first-order valence-corrected chi connectivity index (χ1v) is 9.28. The molecule has 1 amide bonds. The molecule has 2 aromatic heterocycles. The van der Waals surface area contributed by atoms with Crippen LogP contribution < -0.4 is 0 Å². The molecule has 8 heteroatoms. The zero-order valence-electron chi connectivity index (χ0n) is 13.2. The van der Waals surface area contributed by atoms with E-state index in [1.54, 1.807) is 20.9 Å². The molecule has 24 heavy (non-hydrogen) atoms. The zero-order chi connectivity index (χ0) is 16.8. The summed E-state index contributed by atoms with van der Waals surface area (Å²) in [5.41, 5.74) is 1.12. The minimum absolute atomic E-state index is 0.0580. The number of aromatic nitrogens is 4. The maximum absolute atomic E-state index is 12.3. The minimum Gasteiger partial charge on any atom is -0.340 e. The lowest BCUT2D eigenvalue weighted by molar-refractivity contribution is -0.127. The molecule has 0 radical (unpaired) electrons. The molecule has 0 saturated heterocycles. The lowest BCUT2D eigenvalue weighted by atomic mass is 10.2. The molecular formula is C16H17N5OS2. The lowest BCUT2D eigenvalue weighted by Crippen LogP contribution is -2.27. The number of tetrazole rings is 1. The zero-order valence-corrected chi connectivity index (χ0v) is 14.8. The molecule has 3 rings (SSSR count). The van der Waals surface area contributed by atoms with Gasteiger partial charge in [-0.1, -0.05) is 48.2 Å². The van der Waals surface area contributed by atoms with Crippen LogP contribution >= 0.6 is 23.1 Å². The van der Waals surface area contributed by atoms with Gasteiger partial charge in [0.2, 0.25) is 11.1 Å². The van der Waals surface area contributed by atoms with Gasteiger partial charge in [0.1, 0.15) is 0 Å². The van der Waals surface area contributed by atoms with E-state index < -0.39 is 0 Å². The highest BCUT2D eigenvalue weighted by Gasteiger charge is 2.14. The number of thiophene rings is 1. The predicted molar refractivity (Wildman–Crippen MR) is 94.9 cm³/mol. The van der Waals surface area contributed by atoms with E-state index in [0.29, 0.717) is 24.0 Å². The van der Waals surface area contributed by atoms with E-state index in [1.165, 1.54) is 16.6 Å². The van der Waals surface area contributed by atoms with Gasteiger partial charge in [-0.15, -0.1) is 16.4 Å². The fourth-order valence-electron chi connectivity index (χ4n) is 2.12. The van der Waals surface area contributed by atoms with Crippen LogP contribution in [0.4, 0.5) is 0 Å². The van der Waals surface area contributed by atoms with Gasteiger partial charge in [-0.05, 0) is 27.4 Å². The first kappa shape index (κ1) is 16.7. The molecule has 2 heterocycles. The molecule has 1 aromatic carbocycles. The largest absolute Gasteiger partial charge is 0.340 e. The first-order valence-electron chi connectivity index (χ1n) is 7.41. The molecule has 6 nitrogen and oxygen atoms in total. The second-order valence-electron chi connectivity index (χ2n) is 5.22. The Bertz CT molecular complexity index is 773. The second kappa shape index (κ2) is 8.07. The average Bonchev–Trinajstić information content (AvgIpc) is 3.25. The van der Waals surface area contributed by atoms with E-state index >= 15 is 0 Å². The summed E-state index contributed by atoms with van der Waals surface area (Å²) >= 11 is 3.01. The predicted octanol–water partition coefficient (Wildman–Crippen LogP) is 2.53. The van der Waals surface area contributed by atoms with Gasteiger partial charge < -0.3 is 4.90 Å². The molecule has 0 fully saturated rings. The molecule has 0 aliphatic carbocycles. The maximum atomic E-state index is 12.3. The Kier molecular flexibility index (Phi) is 5.60. The Morgan fingerprint density at radius 3 is 2.83 bits per heavy atom. The topological polar surface area (TPSA) is 63.9 Å². The van der Waals surface area contributed by atoms with Gasteiger partial charge >= 0.3 is 0 Å². The molecule has 0 aliphatic rings. The van der Waals surface area contributed by atoms with Gasteiger partial charge in [-0.3, -0.25) is 4.79 Å². The van der Waals surface area contributed by atoms with Crippen LogP contribution in [0.25, 0.3) is 0 Å². The molecule has 0 saturated carbocycles. The summed E-state index contributed by atoms with van der Waals surface area (Å²) < 4.78 is 1.71. The third-order valence-corrected chi connectivity index (χ3v) is 5.20. The molecule has 0 N–H and O–H groups in total. The minimum atomic E-state index is 0.0580. The number of thioether (sulfide) groups is 1. The molecular weight excluding hydrogens is 342 g/mol. The monoisotopic (exact) mass is 359 g/mol. The number of hydrogen-bond acceptors (Lipinski definition) is 6. The Morgan fingerprint density at radius 2 is 2.08 bits per heavy atom. The van der Waals surface area contributed by atoms with Gasteiger partial charge in [-0.25, -0.2) is 4.68 Å². The van der Waals surface area contributed by atoms with Gasteiger partial charge in [0.25, 0.3) is 0 Å². The van der Waals surface area contributed by atoms with E-state index in [9.17, 15) is 4.79 Å². The van der Waals surface area contributed by atoms with Gasteiger partial charge in [0, 0.05) is 11.9 Å². The molecule has 0 spiro atoms. The maximum Gasteiger partial charge on any atom is 0.233 e. The van der Waals surface area contributed by atoms with Gasteiger partial charge in [0.15, 0.2) is 0 Å². The van der Waals surface area contributed by atoms with Crippen molar-refractivity contribution < 1.29 is 4.79 Å². The van der Waals surface area contributed by atoms with Crippen molar-refractivity contribution in [3.63, 3.8) is 0 Å². The summed E-state index contributed by atoms with van der Waals surface area (Å²) in [7, 11) is 1.82. The van der Waals surface area contributed by atoms with Crippen molar-refractivity contribution in [2.45, 2.75) is 18.2 Å². The Hall–Kier alpha value is -2.19. The normalized spacial score (nSPS) is 10.7. The number of rotatable bonds is 7. The van der Waals surface area contributed by atoms with E-state index in [2.05, 4.69) is 15.5 Å². The van der Waals surface area contributed by atoms with Gasteiger partial charge in [-0.2, -0.15) is 0 Å². The standard InChI is InChI=1S/C16H17N5OS2/c1-20(11-14-8-5-9-23-14)15(22)12-24-16-17-18-19-21(16)10-13-6-3-2-4-7-13/h2-9H,10-12H2,1H3. The van der Waals surface area contributed by atoms with Crippen LogP contribution in [0.5, 0.6) is 0 Å². The van der Waals surface area contributed by atoms with Crippen LogP contribution in [0.3, 0.4) is 0 Å². The second-order valence-corrected chi connectivity index (χ2v) is 7.20. The number of amides is 1. The molecule has 0 unspecified atom stereocenters. The molecule has 0 atom stereocenters. The molecule has 3 aromatic rings. The fraction of sp³-hybridized carbons (Fsp3) is 0.250. The first-order chi connectivity index (χ1) is 11.7. The van der Waals surface area contributed by atoms with E-state index in [4.69, 9.17) is 0 Å². The Labute approximate surface area is 148 Å². The van der Waals surface area contributed by atoms with Crippen LogP contribution in [0.1, 0.15) is 10.4 Å². The molecule has 0 bridgehead atoms. The summed E-state index contributed by atoms with van der Waals surface area (Å²) in [4.78, 5) is 15.2. The summed E-state index contributed by atoms with van der Waals surface area (Å²) in [6, 6.07) is 14.0. The van der Waals surface area contributed by atoms with E-state index in [0.717, 1.165) is 5.56 Å². The van der Waals surface area contributed by atoms with Crippen LogP contribution in [0, 0.1) is 0 Å². The average molecular weight is 359 g/mol. The summed E-state index contributed by atoms with van der Waals surface area (Å²) in [6.07, 6.45) is 0. The van der Waals surface area contributed by atoms with Gasteiger partial charge in [0.05, 0.1) is 18.8 Å². The fourth-order valence-corrected chi connectivity index (χ4v) is 3.69.